The van der Waals surface area contributed by atoms with Crippen LogP contribution in [0, 0.1) is 6.92 Å². The van der Waals surface area contributed by atoms with Crippen LogP contribution in [0.5, 0.6) is 0 Å². The Morgan fingerprint density at radius 3 is 2.48 bits per heavy atom. The molecule has 3 rings (SSSR count). The van der Waals surface area contributed by atoms with Crippen LogP contribution in [0.25, 0.3) is 11.3 Å². The number of benzene rings is 2. The highest BCUT2D eigenvalue weighted by molar-refractivity contribution is 9.10. The zero-order chi connectivity index (χ0) is 15.4. The highest BCUT2D eigenvalue weighted by atomic mass is 79.9. The molecule has 1 N–H and O–H groups in total. The first kappa shape index (κ1) is 17.8. The number of halogens is 2. The van der Waals surface area contributed by atoms with Gasteiger partial charge in [0, 0.05) is 16.6 Å². The molecular formula is C19H19BrClNO. The smallest absolute Gasteiger partial charge is 0.134 e. The van der Waals surface area contributed by atoms with Crippen molar-refractivity contribution in [1.29, 1.82) is 0 Å². The third-order valence-electron chi connectivity index (χ3n) is 3.58. The molecule has 2 nitrogen and oxygen atoms in total. The molecule has 1 aromatic heterocycles. The van der Waals surface area contributed by atoms with Crippen molar-refractivity contribution in [3.05, 3.63) is 82.0 Å². The molecule has 0 aliphatic rings. The molecule has 1 heterocycles. The molecule has 4 heteroatoms. The molecule has 3 aromatic rings. The van der Waals surface area contributed by atoms with Crippen molar-refractivity contribution >= 4 is 28.3 Å². The van der Waals surface area contributed by atoms with Gasteiger partial charge in [0.05, 0.1) is 6.54 Å². The van der Waals surface area contributed by atoms with E-state index in [1.165, 1.54) is 11.1 Å². The van der Waals surface area contributed by atoms with Crippen LogP contribution >= 0.6 is 28.3 Å². The summed E-state index contributed by atoms with van der Waals surface area (Å²) in [7, 11) is 0. The Hall–Kier alpha value is -1.55. The van der Waals surface area contributed by atoms with Gasteiger partial charge in [0.15, 0.2) is 0 Å². The van der Waals surface area contributed by atoms with E-state index >= 15 is 0 Å². The lowest BCUT2D eigenvalue weighted by atomic mass is 10.1. The van der Waals surface area contributed by atoms with Crippen LogP contribution in [0.15, 0.2) is 69.6 Å². The summed E-state index contributed by atoms with van der Waals surface area (Å²) in [5, 5.41) is 3.40. The SMILES string of the molecule is Cc1cc(-c2ccc(CNCc3ccccc3)o2)ccc1Br.Cl. The Morgan fingerprint density at radius 2 is 1.74 bits per heavy atom. The van der Waals surface area contributed by atoms with Crippen molar-refractivity contribution in [3.8, 4) is 11.3 Å². The van der Waals surface area contributed by atoms with E-state index in [9.17, 15) is 0 Å². The molecule has 0 spiro atoms. The average molecular weight is 393 g/mol. The lowest BCUT2D eigenvalue weighted by molar-refractivity contribution is 0.493. The Labute approximate surface area is 151 Å². The van der Waals surface area contributed by atoms with E-state index in [0.29, 0.717) is 0 Å². The minimum absolute atomic E-state index is 0. The summed E-state index contributed by atoms with van der Waals surface area (Å²) in [5.41, 5.74) is 3.59. The monoisotopic (exact) mass is 391 g/mol. The molecule has 2 aromatic carbocycles. The molecule has 0 atom stereocenters. The topological polar surface area (TPSA) is 25.2 Å². The quantitative estimate of drug-likeness (QED) is 0.600. The van der Waals surface area contributed by atoms with E-state index in [0.717, 1.165) is 34.6 Å². The first-order valence-corrected chi connectivity index (χ1v) is 8.11. The van der Waals surface area contributed by atoms with E-state index in [1.54, 1.807) is 0 Å². The molecule has 0 unspecified atom stereocenters. The summed E-state index contributed by atoms with van der Waals surface area (Å²) >= 11 is 3.52. The molecule has 0 aliphatic carbocycles. The normalized spacial score (nSPS) is 10.3. The number of furan rings is 1. The predicted octanol–water partition coefficient (Wildman–Crippen LogP) is 5.73. The largest absolute Gasteiger partial charge is 0.460 e. The van der Waals surface area contributed by atoms with Crippen LogP contribution < -0.4 is 5.32 Å². The lowest BCUT2D eigenvalue weighted by Crippen LogP contribution is -2.11. The van der Waals surface area contributed by atoms with Crippen LogP contribution in [0.1, 0.15) is 16.9 Å². The minimum Gasteiger partial charge on any atom is -0.460 e. The van der Waals surface area contributed by atoms with Crippen molar-refractivity contribution in [1.82, 2.24) is 5.32 Å². The van der Waals surface area contributed by atoms with E-state index in [-0.39, 0.29) is 12.4 Å². The van der Waals surface area contributed by atoms with Crippen LogP contribution in [0.4, 0.5) is 0 Å². The van der Waals surface area contributed by atoms with Gasteiger partial charge in [-0.3, -0.25) is 0 Å². The van der Waals surface area contributed by atoms with Crippen LogP contribution in [-0.2, 0) is 13.1 Å². The zero-order valence-corrected chi connectivity index (χ0v) is 15.3. The number of hydrogen-bond acceptors (Lipinski definition) is 2. The van der Waals surface area contributed by atoms with Gasteiger partial charge in [-0.15, -0.1) is 12.4 Å². The maximum absolute atomic E-state index is 5.92. The van der Waals surface area contributed by atoms with Gasteiger partial charge in [0.25, 0.3) is 0 Å². The molecule has 0 radical (unpaired) electrons. The Morgan fingerprint density at radius 1 is 0.957 bits per heavy atom. The minimum atomic E-state index is 0. The summed E-state index contributed by atoms with van der Waals surface area (Å²) in [5.74, 6) is 1.86. The van der Waals surface area contributed by atoms with Gasteiger partial charge in [-0.2, -0.15) is 0 Å². The summed E-state index contributed by atoms with van der Waals surface area (Å²) in [6.07, 6.45) is 0. The molecular weight excluding hydrogens is 374 g/mol. The van der Waals surface area contributed by atoms with Crippen molar-refractivity contribution in [2.45, 2.75) is 20.0 Å². The molecule has 0 fully saturated rings. The number of hydrogen-bond donors (Lipinski definition) is 1. The van der Waals surface area contributed by atoms with E-state index in [4.69, 9.17) is 4.42 Å². The van der Waals surface area contributed by atoms with E-state index < -0.39 is 0 Å². The summed E-state index contributed by atoms with van der Waals surface area (Å²) in [4.78, 5) is 0. The van der Waals surface area contributed by atoms with Gasteiger partial charge >= 0.3 is 0 Å². The molecule has 0 aliphatic heterocycles. The highest BCUT2D eigenvalue weighted by Crippen LogP contribution is 2.26. The third-order valence-corrected chi connectivity index (χ3v) is 4.47. The third kappa shape index (κ3) is 4.71. The lowest BCUT2D eigenvalue weighted by Gasteiger charge is -2.03. The number of nitrogens with one attached hydrogen (secondary N) is 1. The fraction of sp³-hybridized carbons (Fsp3) is 0.158. The van der Waals surface area contributed by atoms with Gasteiger partial charge in [-0.25, -0.2) is 0 Å². The number of aryl methyl sites for hydroxylation is 1. The van der Waals surface area contributed by atoms with Gasteiger partial charge < -0.3 is 9.73 Å². The summed E-state index contributed by atoms with van der Waals surface area (Å²) in [6.45, 7) is 3.65. The van der Waals surface area contributed by atoms with Gasteiger partial charge in [0.2, 0.25) is 0 Å². The second kappa shape index (κ2) is 8.34. The van der Waals surface area contributed by atoms with Crippen molar-refractivity contribution < 1.29 is 4.42 Å². The Kier molecular flexibility index (Phi) is 6.46. The first-order chi connectivity index (χ1) is 10.7. The molecule has 120 valence electrons. The van der Waals surface area contributed by atoms with Gasteiger partial charge in [-0.05, 0) is 42.3 Å². The fourth-order valence-corrected chi connectivity index (χ4v) is 2.60. The zero-order valence-electron chi connectivity index (χ0n) is 12.9. The Balaban J connectivity index is 0.00000192. The van der Waals surface area contributed by atoms with Crippen LogP contribution in [-0.4, -0.2) is 0 Å². The average Bonchev–Trinajstić information content (AvgIpc) is 3.00. The van der Waals surface area contributed by atoms with Crippen molar-refractivity contribution in [2.24, 2.45) is 0 Å². The molecule has 0 amide bonds. The highest BCUT2D eigenvalue weighted by Gasteiger charge is 2.06. The Bertz CT molecular complexity index is 755. The summed E-state index contributed by atoms with van der Waals surface area (Å²) in [6, 6.07) is 20.7. The first-order valence-electron chi connectivity index (χ1n) is 7.32. The maximum atomic E-state index is 5.92. The van der Waals surface area contributed by atoms with Crippen molar-refractivity contribution in [2.75, 3.05) is 0 Å². The fourth-order valence-electron chi connectivity index (χ4n) is 2.35. The second-order valence-electron chi connectivity index (χ2n) is 5.32. The molecule has 0 saturated carbocycles. The van der Waals surface area contributed by atoms with Crippen LogP contribution in [0.2, 0.25) is 0 Å². The standard InChI is InChI=1S/C19H18BrNO.ClH/c1-14-11-16(7-9-18(14)20)19-10-8-17(22-19)13-21-12-15-5-3-2-4-6-15;/h2-11,21H,12-13H2,1H3;1H. The van der Waals surface area contributed by atoms with Gasteiger partial charge in [-0.1, -0.05) is 52.3 Å². The predicted molar refractivity (Wildman–Crippen MR) is 101 cm³/mol. The maximum Gasteiger partial charge on any atom is 0.134 e. The molecule has 23 heavy (non-hydrogen) atoms. The molecule has 0 bridgehead atoms. The second-order valence-corrected chi connectivity index (χ2v) is 6.17. The number of rotatable bonds is 5. The summed E-state index contributed by atoms with van der Waals surface area (Å²) < 4.78 is 7.04. The van der Waals surface area contributed by atoms with Crippen LogP contribution in [0.3, 0.4) is 0 Å². The van der Waals surface area contributed by atoms with Gasteiger partial charge in [0.1, 0.15) is 11.5 Å². The van der Waals surface area contributed by atoms with E-state index in [1.807, 2.05) is 18.2 Å². The van der Waals surface area contributed by atoms with Crippen molar-refractivity contribution in [3.63, 3.8) is 0 Å². The van der Waals surface area contributed by atoms with E-state index in [2.05, 4.69) is 70.6 Å². The molecule has 0 saturated heterocycles.